The number of halogens is 4. The Morgan fingerprint density at radius 2 is 2.06 bits per heavy atom. The Kier molecular flexibility index (Phi) is 4.56. The van der Waals surface area contributed by atoms with Crippen LogP contribution in [0.15, 0.2) is 18.2 Å². The lowest BCUT2D eigenvalue weighted by Crippen LogP contribution is -2.10. The Labute approximate surface area is 105 Å². The zero-order valence-corrected chi connectivity index (χ0v) is 10.6. The van der Waals surface area contributed by atoms with Crippen LogP contribution in [0, 0.1) is 0 Å². The second-order valence-electron chi connectivity index (χ2n) is 3.27. The van der Waals surface area contributed by atoms with E-state index in [4.69, 9.17) is 0 Å². The van der Waals surface area contributed by atoms with E-state index in [-0.39, 0.29) is 23.5 Å². The predicted molar refractivity (Wildman–Crippen MR) is 60.7 cm³/mol. The fourth-order valence-electron chi connectivity index (χ4n) is 1.33. The zero-order valence-electron chi connectivity index (χ0n) is 8.97. The molecule has 0 aliphatic rings. The molecule has 0 aliphatic heterocycles. The summed E-state index contributed by atoms with van der Waals surface area (Å²) < 4.78 is 42.6. The van der Waals surface area contributed by atoms with Crippen molar-refractivity contribution in [1.29, 1.82) is 0 Å². The summed E-state index contributed by atoms with van der Waals surface area (Å²) in [6, 6.07) is 3.31. The lowest BCUT2D eigenvalue weighted by atomic mass is 10.0. The van der Waals surface area contributed by atoms with Crippen molar-refractivity contribution in [3.05, 3.63) is 29.3 Å². The molecule has 17 heavy (non-hydrogen) atoms. The second-order valence-corrected chi connectivity index (χ2v) is 4.07. The SMILES string of the molecule is COc1ccc(C(=O)CCBr)cc1C(F)(F)F. The third kappa shape index (κ3) is 3.46. The molecule has 1 rings (SSSR count). The van der Waals surface area contributed by atoms with Crippen LogP contribution in [0.5, 0.6) is 5.75 Å². The number of rotatable bonds is 4. The molecule has 0 spiro atoms. The largest absolute Gasteiger partial charge is 0.496 e. The van der Waals surface area contributed by atoms with Gasteiger partial charge in [-0.15, -0.1) is 0 Å². The first kappa shape index (κ1) is 14.0. The van der Waals surface area contributed by atoms with Crippen molar-refractivity contribution in [2.24, 2.45) is 0 Å². The summed E-state index contributed by atoms with van der Waals surface area (Å²) in [5, 5.41) is 0.416. The van der Waals surface area contributed by atoms with E-state index < -0.39 is 11.7 Å². The summed E-state index contributed by atoms with van der Waals surface area (Å²) in [6.45, 7) is 0. The third-order valence-corrected chi connectivity index (χ3v) is 2.54. The van der Waals surface area contributed by atoms with Crippen LogP contribution in [-0.2, 0) is 6.18 Å². The minimum Gasteiger partial charge on any atom is -0.496 e. The predicted octanol–water partition coefficient (Wildman–Crippen LogP) is 3.68. The summed E-state index contributed by atoms with van der Waals surface area (Å²) in [7, 11) is 1.16. The topological polar surface area (TPSA) is 26.3 Å². The number of hydrogen-bond donors (Lipinski definition) is 0. The van der Waals surface area contributed by atoms with E-state index in [1.165, 1.54) is 6.07 Å². The Morgan fingerprint density at radius 3 is 2.53 bits per heavy atom. The highest BCUT2D eigenvalue weighted by Crippen LogP contribution is 2.36. The lowest BCUT2D eigenvalue weighted by molar-refractivity contribution is -0.138. The molecule has 1 aromatic rings. The normalized spacial score (nSPS) is 11.4. The number of benzene rings is 1. The van der Waals surface area contributed by atoms with Gasteiger partial charge in [0.05, 0.1) is 12.7 Å². The highest BCUT2D eigenvalue weighted by atomic mass is 79.9. The molecule has 0 saturated heterocycles. The fourth-order valence-corrected chi connectivity index (χ4v) is 1.69. The second kappa shape index (κ2) is 5.53. The standard InChI is InChI=1S/C11H10BrF3O2/c1-17-10-3-2-7(9(16)4-5-12)6-8(10)11(13,14)15/h2-3,6H,4-5H2,1H3. The van der Waals surface area contributed by atoms with Crippen molar-refractivity contribution in [3.8, 4) is 5.75 Å². The van der Waals surface area contributed by atoms with Gasteiger partial charge in [-0.3, -0.25) is 4.79 Å². The van der Waals surface area contributed by atoms with Crippen molar-refractivity contribution < 1.29 is 22.7 Å². The molecular weight excluding hydrogens is 301 g/mol. The van der Waals surface area contributed by atoms with Gasteiger partial charge in [0.25, 0.3) is 0 Å². The number of carbonyl (C=O) groups excluding carboxylic acids is 1. The van der Waals surface area contributed by atoms with Crippen LogP contribution in [0.2, 0.25) is 0 Å². The van der Waals surface area contributed by atoms with Crippen molar-refractivity contribution in [2.75, 3.05) is 12.4 Å². The Morgan fingerprint density at radius 1 is 1.41 bits per heavy atom. The molecule has 0 fully saturated rings. The zero-order chi connectivity index (χ0) is 13.1. The maximum atomic E-state index is 12.7. The third-order valence-electron chi connectivity index (χ3n) is 2.15. The molecule has 0 aliphatic carbocycles. The lowest BCUT2D eigenvalue weighted by Gasteiger charge is -2.12. The van der Waals surface area contributed by atoms with E-state index in [1.54, 1.807) is 0 Å². The van der Waals surface area contributed by atoms with Gasteiger partial charge in [-0.05, 0) is 18.2 Å². The molecule has 0 bridgehead atoms. The van der Waals surface area contributed by atoms with Crippen LogP contribution < -0.4 is 4.74 Å². The molecule has 2 nitrogen and oxygen atoms in total. The van der Waals surface area contributed by atoms with Gasteiger partial charge in [0.15, 0.2) is 5.78 Å². The van der Waals surface area contributed by atoms with Crippen molar-refractivity contribution >= 4 is 21.7 Å². The molecule has 0 unspecified atom stereocenters. The first-order valence-electron chi connectivity index (χ1n) is 4.74. The average molecular weight is 311 g/mol. The summed E-state index contributed by atoms with van der Waals surface area (Å²) >= 11 is 3.07. The van der Waals surface area contributed by atoms with Crippen molar-refractivity contribution in [3.63, 3.8) is 0 Å². The molecule has 94 valence electrons. The Hall–Kier alpha value is -1.04. The van der Waals surface area contributed by atoms with E-state index in [9.17, 15) is 18.0 Å². The number of methoxy groups -OCH3 is 1. The van der Waals surface area contributed by atoms with Gasteiger partial charge in [0.1, 0.15) is 5.75 Å². The number of ketones is 1. The first-order chi connectivity index (χ1) is 7.90. The maximum Gasteiger partial charge on any atom is 0.419 e. The van der Waals surface area contributed by atoms with Crippen LogP contribution in [0.1, 0.15) is 22.3 Å². The smallest absolute Gasteiger partial charge is 0.419 e. The first-order valence-corrected chi connectivity index (χ1v) is 5.86. The molecule has 1 aromatic carbocycles. The average Bonchev–Trinajstić information content (AvgIpc) is 2.27. The monoisotopic (exact) mass is 310 g/mol. The minimum atomic E-state index is -4.53. The molecule has 0 amide bonds. The van der Waals surface area contributed by atoms with Crippen LogP contribution >= 0.6 is 15.9 Å². The Balaban J connectivity index is 3.18. The molecule has 0 N–H and O–H groups in total. The number of hydrogen-bond acceptors (Lipinski definition) is 2. The molecule has 0 aromatic heterocycles. The molecular formula is C11H10BrF3O2. The van der Waals surface area contributed by atoms with Crippen LogP contribution in [0.3, 0.4) is 0 Å². The van der Waals surface area contributed by atoms with Crippen molar-refractivity contribution in [2.45, 2.75) is 12.6 Å². The van der Waals surface area contributed by atoms with Crippen LogP contribution in [0.4, 0.5) is 13.2 Å². The molecule has 0 heterocycles. The van der Waals surface area contributed by atoms with E-state index in [0.29, 0.717) is 5.33 Å². The quantitative estimate of drug-likeness (QED) is 0.626. The van der Waals surface area contributed by atoms with Gasteiger partial charge in [-0.1, -0.05) is 15.9 Å². The molecule has 0 saturated carbocycles. The van der Waals surface area contributed by atoms with Gasteiger partial charge in [0.2, 0.25) is 0 Å². The molecule has 0 radical (unpaired) electrons. The van der Waals surface area contributed by atoms with Crippen LogP contribution in [0.25, 0.3) is 0 Å². The van der Waals surface area contributed by atoms with Gasteiger partial charge in [-0.25, -0.2) is 0 Å². The maximum absolute atomic E-state index is 12.7. The van der Waals surface area contributed by atoms with E-state index >= 15 is 0 Å². The number of Topliss-reactive ketones (excluding diaryl/α,β-unsaturated/α-hetero) is 1. The molecule has 0 atom stereocenters. The van der Waals surface area contributed by atoms with Crippen LogP contribution in [-0.4, -0.2) is 18.2 Å². The number of carbonyl (C=O) groups is 1. The summed E-state index contributed by atoms with van der Waals surface area (Å²) in [4.78, 5) is 11.5. The summed E-state index contributed by atoms with van der Waals surface area (Å²) in [5.41, 5.74) is -0.891. The Bertz CT molecular complexity index is 416. The highest BCUT2D eigenvalue weighted by Gasteiger charge is 2.34. The van der Waals surface area contributed by atoms with E-state index in [2.05, 4.69) is 20.7 Å². The van der Waals surface area contributed by atoms with Gasteiger partial charge in [0, 0.05) is 17.3 Å². The number of ether oxygens (including phenoxy) is 1. The summed E-state index contributed by atoms with van der Waals surface area (Å²) in [6.07, 6.45) is -4.38. The summed E-state index contributed by atoms with van der Waals surface area (Å²) in [5.74, 6) is -0.622. The van der Waals surface area contributed by atoms with Gasteiger partial charge < -0.3 is 4.74 Å². The van der Waals surface area contributed by atoms with Gasteiger partial charge >= 0.3 is 6.18 Å². The fraction of sp³-hybridized carbons (Fsp3) is 0.364. The number of alkyl halides is 4. The van der Waals surface area contributed by atoms with E-state index in [1.807, 2.05) is 0 Å². The van der Waals surface area contributed by atoms with E-state index in [0.717, 1.165) is 19.2 Å². The van der Waals surface area contributed by atoms with Gasteiger partial charge in [-0.2, -0.15) is 13.2 Å². The highest BCUT2D eigenvalue weighted by molar-refractivity contribution is 9.09. The minimum absolute atomic E-state index is 0.0394. The molecule has 6 heteroatoms. The van der Waals surface area contributed by atoms with Crippen molar-refractivity contribution in [1.82, 2.24) is 0 Å².